The number of furan rings is 2. The zero-order valence-corrected chi connectivity index (χ0v) is 26.4. The van der Waals surface area contributed by atoms with E-state index in [-0.39, 0.29) is 17.6 Å². The zero-order chi connectivity index (χ0) is 37.4. The molecular weight excluding hydrogens is 615 g/mol. The SMILES string of the molecule is [2H]c1c([2H])c([2H])c(-c2cc(-c3cccc4c3oc3cc(-c5nc(-c6ccccc6)nc(-c6ccccc6)n5)ccc34)cc3c2oc2ccccc23)c([2H])c1[2H]. The van der Waals surface area contributed by atoms with Crippen molar-refractivity contribution in [1.82, 2.24) is 15.0 Å². The van der Waals surface area contributed by atoms with Gasteiger partial charge >= 0.3 is 0 Å². The monoisotopic (exact) mass is 646 g/mol. The standard InChI is InChI=1S/C45H27N3O2/c1-4-13-28(14-5-1)37-25-32(26-38-34-19-10-11-22-39(34)49-42(37)38)33-20-12-21-36-35-24-23-31(27-40(35)50-41(33)36)45-47-43(29-15-6-2-7-16-29)46-44(48-45)30-17-8-3-9-18-30/h1-27H/i1D,4D,5D,13D,14D. The number of rotatable bonds is 5. The summed E-state index contributed by atoms with van der Waals surface area (Å²) in [4.78, 5) is 14.6. The topological polar surface area (TPSA) is 65.0 Å². The lowest BCUT2D eigenvalue weighted by molar-refractivity contribution is 0.669. The Bertz CT molecular complexity index is 3070. The Balaban J connectivity index is 1.18. The second-order valence-corrected chi connectivity index (χ2v) is 12.0. The summed E-state index contributed by atoms with van der Waals surface area (Å²) in [6.45, 7) is 0. The molecule has 0 fully saturated rings. The Hall–Kier alpha value is -6.85. The molecule has 0 N–H and O–H groups in total. The van der Waals surface area contributed by atoms with Crippen molar-refractivity contribution in [3.63, 3.8) is 0 Å². The maximum Gasteiger partial charge on any atom is 0.164 e. The van der Waals surface area contributed by atoms with E-state index < -0.39 is 18.1 Å². The number of fused-ring (bicyclic) bond motifs is 6. The van der Waals surface area contributed by atoms with E-state index in [9.17, 15) is 0 Å². The van der Waals surface area contributed by atoms with Gasteiger partial charge in [0, 0.05) is 49.4 Å². The molecule has 10 rings (SSSR count). The Labute approximate surface area is 294 Å². The molecule has 234 valence electrons. The molecule has 0 saturated carbocycles. The minimum Gasteiger partial charge on any atom is -0.455 e. The van der Waals surface area contributed by atoms with Crippen molar-refractivity contribution in [3.05, 3.63) is 164 Å². The summed E-state index contributed by atoms with van der Waals surface area (Å²) >= 11 is 0. The summed E-state index contributed by atoms with van der Waals surface area (Å²) in [5.74, 6) is 1.64. The van der Waals surface area contributed by atoms with Crippen LogP contribution in [0.5, 0.6) is 0 Å². The van der Waals surface area contributed by atoms with Gasteiger partial charge in [0.15, 0.2) is 17.5 Å². The van der Waals surface area contributed by atoms with E-state index in [2.05, 4.69) is 0 Å². The van der Waals surface area contributed by atoms with Crippen LogP contribution in [0, 0.1) is 0 Å². The third-order valence-electron chi connectivity index (χ3n) is 9.01. The number of hydrogen-bond donors (Lipinski definition) is 0. The molecule has 5 nitrogen and oxygen atoms in total. The summed E-state index contributed by atoms with van der Waals surface area (Å²) in [5, 5.41) is 3.40. The number of hydrogen-bond acceptors (Lipinski definition) is 5. The lowest BCUT2D eigenvalue weighted by Crippen LogP contribution is -2.00. The molecule has 5 heteroatoms. The maximum absolute atomic E-state index is 8.83. The van der Waals surface area contributed by atoms with Crippen LogP contribution in [0.3, 0.4) is 0 Å². The number of nitrogens with zero attached hydrogens (tertiary/aromatic N) is 3. The van der Waals surface area contributed by atoms with E-state index in [1.165, 1.54) is 0 Å². The van der Waals surface area contributed by atoms with Gasteiger partial charge in [0.1, 0.15) is 22.3 Å². The molecule has 0 aliphatic rings. The van der Waals surface area contributed by atoms with E-state index in [0.29, 0.717) is 45.4 Å². The highest BCUT2D eigenvalue weighted by atomic mass is 16.3. The number of benzene rings is 7. The fraction of sp³-hybridized carbons (Fsp3) is 0. The molecular formula is C45H27N3O2. The smallest absolute Gasteiger partial charge is 0.164 e. The van der Waals surface area contributed by atoms with Crippen molar-refractivity contribution in [2.75, 3.05) is 0 Å². The van der Waals surface area contributed by atoms with E-state index in [4.69, 9.17) is 30.6 Å². The molecule has 10 aromatic rings. The first-order chi connectivity index (χ1) is 26.8. The largest absolute Gasteiger partial charge is 0.455 e. The van der Waals surface area contributed by atoms with Gasteiger partial charge in [-0.1, -0.05) is 133 Å². The summed E-state index contributed by atoms with van der Waals surface area (Å²) in [6, 6.07) is 41.1. The van der Waals surface area contributed by atoms with Gasteiger partial charge in [0.25, 0.3) is 0 Å². The first-order valence-corrected chi connectivity index (χ1v) is 16.2. The molecule has 0 bridgehead atoms. The predicted octanol–water partition coefficient (Wildman–Crippen LogP) is 12.0. The average molecular weight is 647 g/mol. The van der Waals surface area contributed by atoms with Gasteiger partial charge in [0.05, 0.1) is 6.85 Å². The lowest BCUT2D eigenvalue weighted by atomic mass is 9.95. The first kappa shape index (κ1) is 23.5. The molecule has 0 atom stereocenters. The van der Waals surface area contributed by atoms with Crippen LogP contribution in [0.25, 0.3) is 100 Å². The molecule has 0 radical (unpaired) electrons. The normalized spacial score (nSPS) is 13.0. The van der Waals surface area contributed by atoms with Crippen LogP contribution in [0.1, 0.15) is 6.85 Å². The minimum absolute atomic E-state index is 0.0698. The molecule has 0 saturated heterocycles. The van der Waals surface area contributed by atoms with Gasteiger partial charge in [-0.3, -0.25) is 0 Å². The van der Waals surface area contributed by atoms with E-state index >= 15 is 0 Å². The Morgan fingerprint density at radius 3 is 1.72 bits per heavy atom. The van der Waals surface area contributed by atoms with Crippen molar-refractivity contribution in [3.8, 4) is 56.4 Å². The van der Waals surface area contributed by atoms with Gasteiger partial charge < -0.3 is 8.83 Å². The third kappa shape index (κ3) is 4.67. The van der Waals surface area contributed by atoms with Gasteiger partial charge in [-0.25, -0.2) is 15.0 Å². The summed E-state index contributed by atoms with van der Waals surface area (Å²) in [5.41, 5.74) is 6.84. The Morgan fingerprint density at radius 1 is 0.380 bits per heavy atom. The third-order valence-corrected chi connectivity index (χ3v) is 9.01. The summed E-state index contributed by atoms with van der Waals surface area (Å²) in [7, 11) is 0. The van der Waals surface area contributed by atoms with Crippen molar-refractivity contribution < 1.29 is 15.7 Å². The van der Waals surface area contributed by atoms with Crippen LogP contribution in [0.15, 0.2) is 173 Å². The molecule has 50 heavy (non-hydrogen) atoms. The molecule has 0 spiro atoms. The van der Waals surface area contributed by atoms with Crippen LogP contribution in [0.2, 0.25) is 0 Å². The highest BCUT2D eigenvalue weighted by Gasteiger charge is 2.19. The zero-order valence-electron chi connectivity index (χ0n) is 31.4. The molecule has 3 heterocycles. The molecule has 7 aromatic carbocycles. The maximum atomic E-state index is 8.83. The molecule has 0 unspecified atom stereocenters. The van der Waals surface area contributed by atoms with E-state index in [1.54, 1.807) is 0 Å². The molecule has 0 aliphatic carbocycles. The van der Waals surface area contributed by atoms with Crippen molar-refractivity contribution in [2.45, 2.75) is 0 Å². The van der Waals surface area contributed by atoms with Crippen LogP contribution in [0.4, 0.5) is 0 Å². The lowest BCUT2D eigenvalue weighted by Gasteiger charge is -2.08. The number of aromatic nitrogens is 3. The Kier molecular flexibility index (Phi) is 5.35. The van der Waals surface area contributed by atoms with Gasteiger partial charge in [0.2, 0.25) is 0 Å². The quantitative estimate of drug-likeness (QED) is 0.186. The highest BCUT2D eigenvalue weighted by Crippen LogP contribution is 2.43. The number of para-hydroxylation sites is 2. The van der Waals surface area contributed by atoms with E-state index in [0.717, 1.165) is 49.4 Å². The second-order valence-electron chi connectivity index (χ2n) is 12.0. The minimum atomic E-state index is -0.452. The predicted molar refractivity (Wildman–Crippen MR) is 202 cm³/mol. The average Bonchev–Trinajstić information content (AvgIpc) is 3.81. The van der Waals surface area contributed by atoms with Crippen LogP contribution < -0.4 is 0 Å². The van der Waals surface area contributed by atoms with Gasteiger partial charge in [-0.2, -0.15) is 0 Å². The van der Waals surface area contributed by atoms with Crippen molar-refractivity contribution in [2.24, 2.45) is 0 Å². The summed E-state index contributed by atoms with van der Waals surface area (Å²) in [6.07, 6.45) is 0. The Morgan fingerprint density at radius 2 is 0.980 bits per heavy atom. The van der Waals surface area contributed by atoms with Gasteiger partial charge in [-0.15, -0.1) is 0 Å². The van der Waals surface area contributed by atoms with Gasteiger partial charge in [-0.05, 0) is 41.5 Å². The van der Waals surface area contributed by atoms with Crippen LogP contribution in [-0.4, -0.2) is 15.0 Å². The molecule has 3 aromatic heterocycles. The molecule has 0 aliphatic heterocycles. The van der Waals surface area contributed by atoms with E-state index in [1.807, 2.05) is 133 Å². The van der Waals surface area contributed by atoms with Crippen LogP contribution in [-0.2, 0) is 0 Å². The van der Waals surface area contributed by atoms with Crippen molar-refractivity contribution in [1.29, 1.82) is 0 Å². The second kappa shape index (κ2) is 11.4. The fourth-order valence-corrected chi connectivity index (χ4v) is 6.66. The fourth-order valence-electron chi connectivity index (χ4n) is 6.66. The highest BCUT2D eigenvalue weighted by molar-refractivity contribution is 6.14. The summed E-state index contributed by atoms with van der Waals surface area (Å²) < 4.78 is 55.7. The van der Waals surface area contributed by atoms with Crippen LogP contribution >= 0.6 is 0 Å². The molecule has 0 amide bonds. The van der Waals surface area contributed by atoms with Crippen molar-refractivity contribution >= 4 is 43.9 Å². The first-order valence-electron chi connectivity index (χ1n) is 18.7.